The first-order valence-corrected chi connectivity index (χ1v) is 19.4. The van der Waals surface area contributed by atoms with Gasteiger partial charge in [-0.05, 0) is 99.1 Å². The van der Waals surface area contributed by atoms with Crippen LogP contribution in [-0.2, 0) is 38.2 Å². The quantitative estimate of drug-likeness (QED) is 0.0345. The zero-order valence-electron chi connectivity index (χ0n) is 33.3. The van der Waals surface area contributed by atoms with Gasteiger partial charge in [0, 0.05) is 39.8 Å². The van der Waals surface area contributed by atoms with Gasteiger partial charge in [0.1, 0.15) is 6.04 Å². The van der Waals surface area contributed by atoms with E-state index >= 15 is 0 Å². The topological polar surface area (TPSA) is 221 Å². The number of hydrogen-bond acceptors (Lipinski definition) is 12. The molecule has 0 aliphatic carbocycles. The van der Waals surface area contributed by atoms with Crippen LogP contribution in [0.1, 0.15) is 77.6 Å². The summed E-state index contributed by atoms with van der Waals surface area (Å²) in [6, 6.07) is -1.53. The van der Waals surface area contributed by atoms with Crippen molar-refractivity contribution in [2.45, 2.75) is 95.7 Å². The molecule has 17 heteroatoms. The number of unbranched alkanes of at least 4 members (excludes halogenated alkanes) is 3. The van der Waals surface area contributed by atoms with E-state index in [1.807, 2.05) is 14.1 Å². The minimum absolute atomic E-state index is 0.0493. The molecule has 9 N–H and O–H groups in total. The fourth-order valence-corrected chi connectivity index (χ4v) is 5.20. The Kier molecular flexibility index (Phi) is 34.1. The van der Waals surface area contributed by atoms with Crippen LogP contribution in [0.4, 0.5) is 0 Å². The van der Waals surface area contributed by atoms with Crippen LogP contribution in [0.5, 0.6) is 0 Å². The van der Waals surface area contributed by atoms with Crippen LogP contribution in [-0.4, -0.2) is 155 Å². The van der Waals surface area contributed by atoms with Crippen molar-refractivity contribution in [3.8, 4) is 0 Å². The van der Waals surface area contributed by atoms with Crippen LogP contribution in [0, 0.1) is 0 Å². The zero-order valence-corrected chi connectivity index (χ0v) is 33.3. The number of nitrogens with one attached hydrogen (secondary N) is 9. The third-order valence-corrected chi connectivity index (χ3v) is 8.32. The lowest BCUT2D eigenvalue weighted by Crippen LogP contribution is -2.53. The van der Waals surface area contributed by atoms with Crippen molar-refractivity contribution in [2.24, 2.45) is 0 Å². The van der Waals surface area contributed by atoms with Crippen LogP contribution >= 0.6 is 0 Å². The third kappa shape index (κ3) is 30.1. The fraction of sp³-hybridized carbons (Fsp3) is 0.861. The fourth-order valence-electron chi connectivity index (χ4n) is 5.20. The highest BCUT2D eigenvalue weighted by atomic mass is 16.5. The van der Waals surface area contributed by atoms with E-state index < -0.39 is 18.0 Å². The van der Waals surface area contributed by atoms with Crippen LogP contribution in [0.25, 0.3) is 0 Å². The van der Waals surface area contributed by atoms with Crippen LogP contribution < -0.4 is 47.9 Å². The summed E-state index contributed by atoms with van der Waals surface area (Å²) in [5.74, 6) is -1.14. The molecule has 0 aromatic carbocycles. The molecule has 3 atom stereocenters. The average Bonchev–Trinajstić information content (AvgIpc) is 3.14. The Bertz CT molecular complexity index is 964. The molecule has 17 nitrogen and oxygen atoms in total. The lowest BCUT2D eigenvalue weighted by molar-refractivity contribution is -0.131. The number of amides is 5. The van der Waals surface area contributed by atoms with E-state index in [0.29, 0.717) is 91.4 Å². The van der Waals surface area contributed by atoms with E-state index in [1.165, 1.54) is 6.92 Å². The molecule has 0 heterocycles. The molecule has 53 heavy (non-hydrogen) atoms. The Hall–Kier alpha value is -2.93. The number of carbonyl (C=O) groups is 5. The number of rotatable bonds is 37. The van der Waals surface area contributed by atoms with E-state index in [2.05, 4.69) is 47.9 Å². The molecular formula is C36H73N9O8. The molecule has 0 fully saturated rings. The van der Waals surface area contributed by atoms with Crippen molar-refractivity contribution in [1.82, 2.24) is 47.9 Å². The molecule has 0 aromatic heterocycles. The Morgan fingerprint density at radius 2 is 0.887 bits per heavy atom. The predicted octanol–water partition coefficient (Wildman–Crippen LogP) is -1.09. The summed E-state index contributed by atoms with van der Waals surface area (Å²) in [6.07, 6.45) is 8.01. The van der Waals surface area contributed by atoms with E-state index in [1.54, 1.807) is 14.1 Å². The molecular weight excluding hydrogens is 686 g/mol. The van der Waals surface area contributed by atoms with Gasteiger partial charge in [-0.1, -0.05) is 12.8 Å². The number of ether oxygens (including phenoxy) is 3. The van der Waals surface area contributed by atoms with Gasteiger partial charge >= 0.3 is 0 Å². The van der Waals surface area contributed by atoms with Gasteiger partial charge in [0.15, 0.2) is 0 Å². The maximum Gasteiger partial charge on any atom is 0.243 e. The second kappa shape index (κ2) is 36.1. The van der Waals surface area contributed by atoms with Crippen LogP contribution in [0.3, 0.4) is 0 Å². The molecule has 0 radical (unpaired) electrons. The molecule has 0 aliphatic heterocycles. The van der Waals surface area contributed by atoms with Gasteiger partial charge in [-0.25, -0.2) is 0 Å². The Morgan fingerprint density at radius 1 is 0.453 bits per heavy atom. The highest BCUT2D eigenvalue weighted by Crippen LogP contribution is 2.06. The predicted molar refractivity (Wildman–Crippen MR) is 206 cm³/mol. The van der Waals surface area contributed by atoms with Crippen LogP contribution in [0.2, 0.25) is 0 Å². The monoisotopic (exact) mass is 760 g/mol. The number of carbonyl (C=O) groups excluding carboxylic acids is 5. The lowest BCUT2D eigenvalue weighted by Gasteiger charge is -2.22. The second-order valence-electron chi connectivity index (χ2n) is 12.8. The van der Waals surface area contributed by atoms with E-state index in [9.17, 15) is 24.0 Å². The number of hydrogen-bond donors (Lipinski definition) is 9. The van der Waals surface area contributed by atoms with Crippen molar-refractivity contribution < 1.29 is 38.2 Å². The van der Waals surface area contributed by atoms with Crippen molar-refractivity contribution in [2.75, 3.05) is 107 Å². The maximum atomic E-state index is 13.2. The summed E-state index contributed by atoms with van der Waals surface area (Å²) in [6.45, 7) is 7.24. The molecule has 0 spiro atoms. The largest absolute Gasteiger partial charge is 0.379 e. The summed E-state index contributed by atoms with van der Waals surface area (Å²) >= 11 is 0. The summed E-state index contributed by atoms with van der Waals surface area (Å²) < 4.78 is 16.4. The van der Waals surface area contributed by atoms with Crippen molar-refractivity contribution in [3.05, 3.63) is 0 Å². The molecule has 0 bridgehead atoms. The average molecular weight is 760 g/mol. The minimum atomic E-state index is -0.825. The number of likely N-dealkylation sites (N-methyl/N-ethyl adjacent to an activating group) is 2. The van der Waals surface area contributed by atoms with Crippen molar-refractivity contribution >= 4 is 29.5 Å². The van der Waals surface area contributed by atoms with Gasteiger partial charge in [-0.2, -0.15) is 0 Å². The van der Waals surface area contributed by atoms with Crippen LogP contribution in [0.15, 0.2) is 0 Å². The molecule has 0 aliphatic rings. The van der Waals surface area contributed by atoms with E-state index in [-0.39, 0.29) is 36.2 Å². The van der Waals surface area contributed by atoms with Crippen molar-refractivity contribution in [3.63, 3.8) is 0 Å². The molecule has 5 amide bonds. The Morgan fingerprint density at radius 3 is 1.40 bits per heavy atom. The zero-order chi connectivity index (χ0) is 39.4. The minimum Gasteiger partial charge on any atom is -0.379 e. The van der Waals surface area contributed by atoms with Gasteiger partial charge < -0.3 is 62.1 Å². The SMILES string of the molecule is CNCCCC[C@H](NC)C(=O)NCCCC[C@H](NC(=O)[C@H](CCCCNC)NC)C(=O)NCC(=O)NCCCOCCOCCOCCCNC(C)=O. The van der Waals surface area contributed by atoms with Gasteiger partial charge in [-0.3, -0.25) is 24.0 Å². The third-order valence-electron chi connectivity index (χ3n) is 8.32. The molecule has 310 valence electrons. The highest BCUT2D eigenvalue weighted by Gasteiger charge is 2.25. The summed E-state index contributed by atoms with van der Waals surface area (Å²) in [5.41, 5.74) is 0. The Labute approximate surface area is 318 Å². The first-order chi connectivity index (χ1) is 25.7. The van der Waals surface area contributed by atoms with Crippen molar-refractivity contribution in [1.29, 1.82) is 0 Å². The summed E-state index contributed by atoms with van der Waals surface area (Å²) in [7, 11) is 7.30. The molecule has 0 aromatic rings. The maximum absolute atomic E-state index is 13.2. The lowest BCUT2D eigenvalue weighted by atomic mass is 10.1. The molecule has 0 saturated carbocycles. The Balaban J connectivity index is 4.56. The van der Waals surface area contributed by atoms with Gasteiger partial charge in [-0.15, -0.1) is 0 Å². The normalized spacial score (nSPS) is 12.8. The first kappa shape index (κ1) is 50.1. The van der Waals surface area contributed by atoms with E-state index in [4.69, 9.17) is 14.2 Å². The summed E-state index contributed by atoms with van der Waals surface area (Å²) in [5, 5.41) is 26.3. The molecule has 0 saturated heterocycles. The highest BCUT2D eigenvalue weighted by molar-refractivity contribution is 5.91. The molecule has 0 unspecified atom stereocenters. The standard InChI is InChI=1S/C36H73N9O8/c1-29(46)41-20-12-22-51-24-26-53-27-25-52-23-13-21-42-33(47)28-44-35(49)32(45-36(50)31(40-5)15-7-10-18-38-3)16-8-11-19-43-34(48)30(39-4)14-6-9-17-37-2/h30-32,37-40H,6-28H2,1-5H3,(H,41,46)(H,42,47)(H,43,48)(H,44,49)(H,45,50)/t30-,31-,32-/m0/s1. The first-order valence-electron chi connectivity index (χ1n) is 19.4. The second-order valence-corrected chi connectivity index (χ2v) is 12.8. The van der Waals surface area contributed by atoms with Gasteiger partial charge in [0.2, 0.25) is 29.5 Å². The smallest absolute Gasteiger partial charge is 0.243 e. The van der Waals surface area contributed by atoms with Gasteiger partial charge in [0.25, 0.3) is 0 Å². The van der Waals surface area contributed by atoms with Gasteiger partial charge in [0.05, 0.1) is 45.1 Å². The van der Waals surface area contributed by atoms with E-state index in [0.717, 1.165) is 51.6 Å². The summed E-state index contributed by atoms with van der Waals surface area (Å²) in [4.78, 5) is 62.2. The molecule has 0 rings (SSSR count).